The van der Waals surface area contributed by atoms with E-state index in [-0.39, 0.29) is 5.54 Å². The van der Waals surface area contributed by atoms with Crippen molar-refractivity contribution in [2.24, 2.45) is 0 Å². The van der Waals surface area contributed by atoms with E-state index in [1.165, 1.54) is 0 Å². The highest BCUT2D eigenvalue weighted by molar-refractivity contribution is 5.82. The fraction of sp³-hybridized carbons (Fsp3) is 0.304. The number of anilines is 1. The molecule has 0 amide bonds. The zero-order chi connectivity index (χ0) is 20.7. The van der Waals surface area contributed by atoms with Crippen LogP contribution >= 0.6 is 0 Å². The molecular formula is C23H25N7. The van der Waals surface area contributed by atoms with E-state index in [1.807, 2.05) is 28.8 Å². The molecule has 0 saturated carbocycles. The standard InChI is InChI=1S/C23H25N7/c1-16-14-19(29-13-12-26-23(2,3)15-29)28-30-21(18-6-10-25-11-7-18)20(27-22(16)30)17-4-8-24-9-5-17/h4-11,14,26H,12-13,15H2,1-3H3. The third-order valence-electron chi connectivity index (χ3n) is 5.56. The largest absolute Gasteiger partial charge is 0.352 e. The van der Waals surface area contributed by atoms with Gasteiger partial charge in [-0.05, 0) is 56.7 Å². The van der Waals surface area contributed by atoms with E-state index in [9.17, 15) is 0 Å². The van der Waals surface area contributed by atoms with Crippen molar-refractivity contribution >= 4 is 11.5 Å². The number of piperazine rings is 1. The van der Waals surface area contributed by atoms with E-state index in [4.69, 9.17) is 10.1 Å². The Bertz CT molecular complexity index is 1180. The molecule has 7 nitrogen and oxygen atoms in total. The third kappa shape index (κ3) is 3.31. The molecule has 0 aliphatic carbocycles. The first kappa shape index (κ1) is 18.7. The molecule has 5 rings (SSSR count). The van der Waals surface area contributed by atoms with Gasteiger partial charge in [-0.25, -0.2) is 9.50 Å². The first-order valence-electron chi connectivity index (χ1n) is 10.2. The van der Waals surface area contributed by atoms with Crippen molar-refractivity contribution in [3.05, 3.63) is 60.7 Å². The molecule has 1 N–H and O–H groups in total. The van der Waals surface area contributed by atoms with Crippen LogP contribution in [-0.4, -0.2) is 49.7 Å². The van der Waals surface area contributed by atoms with E-state index in [2.05, 4.69) is 47.0 Å². The van der Waals surface area contributed by atoms with Crippen molar-refractivity contribution in [2.45, 2.75) is 26.3 Å². The highest BCUT2D eigenvalue weighted by atomic mass is 15.4. The molecule has 0 aromatic carbocycles. The number of hydrogen-bond donors (Lipinski definition) is 1. The number of fused-ring (bicyclic) bond motifs is 1. The maximum atomic E-state index is 5.06. The molecule has 4 aromatic heterocycles. The van der Waals surface area contributed by atoms with Gasteiger partial charge in [0.2, 0.25) is 0 Å². The summed E-state index contributed by atoms with van der Waals surface area (Å²) >= 11 is 0. The molecule has 0 radical (unpaired) electrons. The third-order valence-corrected chi connectivity index (χ3v) is 5.56. The molecule has 1 saturated heterocycles. The Morgan fingerprint density at radius 3 is 2.30 bits per heavy atom. The SMILES string of the molecule is Cc1cc(N2CCNC(C)(C)C2)nn2c(-c3ccncc3)c(-c3ccncc3)nc12. The van der Waals surface area contributed by atoms with Crippen LogP contribution in [0.2, 0.25) is 0 Å². The number of rotatable bonds is 3. The zero-order valence-electron chi connectivity index (χ0n) is 17.5. The van der Waals surface area contributed by atoms with Crippen molar-refractivity contribution in [1.82, 2.24) is 29.9 Å². The van der Waals surface area contributed by atoms with Gasteiger partial charge in [-0.2, -0.15) is 0 Å². The molecule has 0 atom stereocenters. The maximum absolute atomic E-state index is 5.06. The molecule has 1 aliphatic rings. The molecule has 1 aliphatic heterocycles. The van der Waals surface area contributed by atoms with E-state index >= 15 is 0 Å². The summed E-state index contributed by atoms with van der Waals surface area (Å²) in [5.74, 6) is 0.976. The lowest BCUT2D eigenvalue weighted by Crippen LogP contribution is -2.57. The second kappa shape index (κ2) is 7.18. The summed E-state index contributed by atoms with van der Waals surface area (Å²) in [5, 5.41) is 8.64. The minimum absolute atomic E-state index is 0.0495. The highest BCUT2D eigenvalue weighted by Crippen LogP contribution is 2.33. The van der Waals surface area contributed by atoms with Crippen molar-refractivity contribution < 1.29 is 0 Å². The Labute approximate surface area is 175 Å². The Morgan fingerprint density at radius 2 is 1.63 bits per heavy atom. The minimum Gasteiger partial charge on any atom is -0.352 e. The lowest BCUT2D eigenvalue weighted by molar-refractivity contribution is 0.351. The molecule has 152 valence electrons. The predicted octanol–water partition coefficient (Wildman–Crippen LogP) is 3.35. The van der Waals surface area contributed by atoms with Gasteiger partial charge in [0.25, 0.3) is 0 Å². The van der Waals surface area contributed by atoms with Crippen LogP contribution in [0.3, 0.4) is 0 Å². The summed E-state index contributed by atoms with van der Waals surface area (Å²) in [7, 11) is 0. The number of hydrogen-bond acceptors (Lipinski definition) is 6. The van der Waals surface area contributed by atoms with Crippen LogP contribution in [0.1, 0.15) is 19.4 Å². The van der Waals surface area contributed by atoms with Gasteiger partial charge in [0.05, 0.1) is 5.69 Å². The van der Waals surface area contributed by atoms with Crippen molar-refractivity contribution in [3.8, 4) is 22.5 Å². The molecule has 1 fully saturated rings. The zero-order valence-corrected chi connectivity index (χ0v) is 17.5. The van der Waals surface area contributed by atoms with E-state index in [0.717, 1.165) is 59.2 Å². The average Bonchev–Trinajstić information content (AvgIpc) is 3.14. The van der Waals surface area contributed by atoms with Crippen LogP contribution in [-0.2, 0) is 0 Å². The van der Waals surface area contributed by atoms with Gasteiger partial charge in [-0.15, -0.1) is 5.10 Å². The fourth-order valence-corrected chi connectivity index (χ4v) is 4.13. The van der Waals surface area contributed by atoms with Crippen LogP contribution in [0.15, 0.2) is 55.1 Å². The number of imidazole rings is 1. The topological polar surface area (TPSA) is 71.2 Å². The Morgan fingerprint density at radius 1 is 0.967 bits per heavy atom. The highest BCUT2D eigenvalue weighted by Gasteiger charge is 2.28. The Hall–Kier alpha value is -3.32. The fourth-order valence-electron chi connectivity index (χ4n) is 4.13. The Kier molecular flexibility index (Phi) is 4.47. The van der Waals surface area contributed by atoms with E-state index in [1.54, 1.807) is 24.8 Å². The molecule has 0 unspecified atom stereocenters. The second-order valence-corrected chi connectivity index (χ2v) is 8.43. The van der Waals surface area contributed by atoms with Crippen LogP contribution in [0.5, 0.6) is 0 Å². The number of aromatic nitrogens is 5. The van der Waals surface area contributed by atoms with Gasteiger partial charge >= 0.3 is 0 Å². The molecule has 4 aromatic rings. The normalized spacial score (nSPS) is 16.2. The summed E-state index contributed by atoms with van der Waals surface area (Å²) in [6.45, 7) is 9.33. The van der Waals surface area contributed by atoms with Crippen LogP contribution in [0.25, 0.3) is 28.2 Å². The second-order valence-electron chi connectivity index (χ2n) is 8.43. The Balaban J connectivity index is 1.74. The monoisotopic (exact) mass is 399 g/mol. The van der Waals surface area contributed by atoms with Gasteiger partial charge in [0.1, 0.15) is 11.5 Å². The number of aryl methyl sites for hydroxylation is 1. The molecule has 0 bridgehead atoms. The van der Waals surface area contributed by atoms with Crippen LogP contribution < -0.4 is 10.2 Å². The first-order chi connectivity index (χ1) is 14.5. The summed E-state index contributed by atoms with van der Waals surface area (Å²) in [6.07, 6.45) is 7.20. The number of nitrogens with zero attached hydrogens (tertiary/aromatic N) is 6. The lowest BCUT2D eigenvalue weighted by Gasteiger charge is -2.39. The molecule has 30 heavy (non-hydrogen) atoms. The smallest absolute Gasteiger partial charge is 0.158 e. The van der Waals surface area contributed by atoms with Crippen molar-refractivity contribution in [2.75, 3.05) is 24.5 Å². The van der Waals surface area contributed by atoms with Crippen LogP contribution in [0, 0.1) is 6.92 Å². The van der Waals surface area contributed by atoms with Crippen molar-refractivity contribution in [1.29, 1.82) is 0 Å². The predicted molar refractivity (Wildman–Crippen MR) is 118 cm³/mol. The quantitative estimate of drug-likeness (QED) is 0.570. The van der Waals surface area contributed by atoms with E-state index < -0.39 is 0 Å². The molecule has 7 heteroatoms. The number of pyridine rings is 2. The summed E-state index contributed by atoms with van der Waals surface area (Å²) < 4.78 is 1.99. The van der Waals surface area contributed by atoms with Gasteiger partial charge in [0, 0.05) is 61.1 Å². The summed E-state index contributed by atoms with van der Waals surface area (Å²) in [5.41, 5.74) is 5.95. The van der Waals surface area contributed by atoms with Crippen LogP contribution in [0.4, 0.5) is 5.82 Å². The maximum Gasteiger partial charge on any atom is 0.158 e. The lowest BCUT2D eigenvalue weighted by atomic mass is 10.0. The van der Waals surface area contributed by atoms with E-state index in [0.29, 0.717) is 0 Å². The van der Waals surface area contributed by atoms with Gasteiger partial charge in [-0.1, -0.05) is 0 Å². The molecule has 0 spiro atoms. The molecular weight excluding hydrogens is 374 g/mol. The minimum atomic E-state index is 0.0495. The van der Waals surface area contributed by atoms with Crippen molar-refractivity contribution in [3.63, 3.8) is 0 Å². The summed E-state index contributed by atoms with van der Waals surface area (Å²) in [6, 6.07) is 10.1. The van der Waals surface area contributed by atoms with Gasteiger partial charge in [-0.3, -0.25) is 9.97 Å². The van der Waals surface area contributed by atoms with Gasteiger partial charge in [0.15, 0.2) is 5.65 Å². The number of nitrogens with one attached hydrogen (secondary N) is 1. The molecule has 5 heterocycles. The first-order valence-corrected chi connectivity index (χ1v) is 10.2. The average molecular weight is 400 g/mol. The van der Waals surface area contributed by atoms with Gasteiger partial charge < -0.3 is 10.2 Å². The summed E-state index contributed by atoms with van der Waals surface area (Å²) in [4.78, 5) is 15.7.